The molecular formula is C16H19FN4O. The van der Waals surface area contributed by atoms with Crippen molar-refractivity contribution >= 4 is 5.82 Å². The molecule has 3 rings (SSSR count). The molecule has 2 heterocycles. The van der Waals surface area contributed by atoms with E-state index in [1.807, 2.05) is 0 Å². The van der Waals surface area contributed by atoms with Crippen molar-refractivity contribution in [2.75, 3.05) is 37.6 Å². The molecular weight excluding hydrogens is 283 g/mol. The molecule has 6 heteroatoms. The van der Waals surface area contributed by atoms with Crippen LogP contribution in [0, 0.1) is 5.82 Å². The van der Waals surface area contributed by atoms with E-state index in [1.54, 1.807) is 30.7 Å². The summed E-state index contributed by atoms with van der Waals surface area (Å²) in [7, 11) is 0. The minimum absolute atomic E-state index is 0.284. The number of piperazine rings is 1. The van der Waals surface area contributed by atoms with E-state index in [0.717, 1.165) is 37.6 Å². The van der Waals surface area contributed by atoms with E-state index in [1.165, 1.54) is 12.1 Å². The number of halogens is 1. The fourth-order valence-electron chi connectivity index (χ4n) is 2.65. The van der Waals surface area contributed by atoms with Crippen LogP contribution < -0.4 is 4.90 Å². The van der Waals surface area contributed by atoms with Crippen molar-refractivity contribution in [2.24, 2.45) is 0 Å². The average molecular weight is 302 g/mol. The predicted molar refractivity (Wildman–Crippen MR) is 82.0 cm³/mol. The first-order chi connectivity index (χ1) is 10.7. The maximum Gasteiger partial charge on any atom is 0.147 e. The smallest absolute Gasteiger partial charge is 0.147 e. The lowest BCUT2D eigenvalue weighted by Crippen LogP contribution is -2.47. The third-order valence-electron chi connectivity index (χ3n) is 3.93. The molecule has 1 aliphatic rings. The van der Waals surface area contributed by atoms with Gasteiger partial charge in [0.25, 0.3) is 0 Å². The highest BCUT2D eigenvalue weighted by molar-refractivity contribution is 5.35. The highest BCUT2D eigenvalue weighted by Crippen LogP contribution is 2.17. The molecule has 2 aromatic rings. The second-order valence-electron chi connectivity index (χ2n) is 5.42. The zero-order chi connectivity index (χ0) is 15.4. The predicted octanol–water partition coefficient (Wildman–Crippen LogP) is 1.47. The van der Waals surface area contributed by atoms with Crippen molar-refractivity contribution in [1.82, 2.24) is 14.9 Å². The Kier molecular flexibility index (Phi) is 4.60. The van der Waals surface area contributed by atoms with E-state index in [0.29, 0.717) is 6.54 Å². The van der Waals surface area contributed by atoms with Crippen molar-refractivity contribution in [2.45, 2.75) is 6.10 Å². The van der Waals surface area contributed by atoms with Gasteiger partial charge in [0.15, 0.2) is 0 Å². The van der Waals surface area contributed by atoms with Gasteiger partial charge >= 0.3 is 0 Å². The van der Waals surface area contributed by atoms with Crippen LogP contribution in [0.3, 0.4) is 0 Å². The van der Waals surface area contributed by atoms with Crippen LogP contribution >= 0.6 is 0 Å². The van der Waals surface area contributed by atoms with Crippen LogP contribution in [0.2, 0.25) is 0 Å². The van der Waals surface area contributed by atoms with Crippen LogP contribution in [-0.2, 0) is 0 Å². The van der Waals surface area contributed by atoms with E-state index in [-0.39, 0.29) is 5.82 Å². The number of anilines is 1. The molecule has 0 amide bonds. The molecule has 1 aromatic carbocycles. The lowest BCUT2D eigenvalue weighted by atomic mass is 10.1. The number of nitrogens with zero attached hydrogens (tertiary/aromatic N) is 4. The molecule has 0 bridgehead atoms. The standard InChI is InChI=1S/C16H19FN4O/c17-14-3-1-13(2-4-14)15(22)12-20-7-9-21(10-8-20)16-11-18-5-6-19-16/h1-6,11,15,22H,7-10,12H2. The zero-order valence-electron chi connectivity index (χ0n) is 12.3. The van der Waals surface area contributed by atoms with Gasteiger partial charge in [-0.15, -0.1) is 0 Å². The third kappa shape index (κ3) is 3.58. The molecule has 22 heavy (non-hydrogen) atoms. The molecule has 0 saturated carbocycles. The van der Waals surface area contributed by atoms with E-state index in [2.05, 4.69) is 19.8 Å². The first kappa shape index (κ1) is 14.9. The first-order valence-corrected chi connectivity index (χ1v) is 7.39. The molecule has 1 unspecified atom stereocenters. The highest BCUT2D eigenvalue weighted by atomic mass is 19.1. The van der Waals surface area contributed by atoms with Crippen molar-refractivity contribution in [3.63, 3.8) is 0 Å². The van der Waals surface area contributed by atoms with Gasteiger partial charge in [0.05, 0.1) is 12.3 Å². The number of hydrogen-bond acceptors (Lipinski definition) is 5. The van der Waals surface area contributed by atoms with Crippen molar-refractivity contribution < 1.29 is 9.50 Å². The summed E-state index contributed by atoms with van der Waals surface area (Å²) in [5, 5.41) is 10.2. The van der Waals surface area contributed by atoms with E-state index < -0.39 is 6.10 Å². The molecule has 1 aliphatic heterocycles. The molecule has 116 valence electrons. The molecule has 1 N–H and O–H groups in total. The van der Waals surface area contributed by atoms with E-state index >= 15 is 0 Å². The normalized spacial score (nSPS) is 17.5. The van der Waals surface area contributed by atoms with Crippen LogP contribution in [0.5, 0.6) is 0 Å². The van der Waals surface area contributed by atoms with E-state index in [9.17, 15) is 9.50 Å². The largest absolute Gasteiger partial charge is 0.387 e. The van der Waals surface area contributed by atoms with Gasteiger partial charge in [-0.05, 0) is 17.7 Å². The van der Waals surface area contributed by atoms with Crippen LogP contribution in [0.15, 0.2) is 42.9 Å². The fourth-order valence-corrected chi connectivity index (χ4v) is 2.65. The molecule has 0 spiro atoms. The SMILES string of the molecule is OC(CN1CCN(c2cnccn2)CC1)c1ccc(F)cc1. The molecule has 5 nitrogen and oxygen atoms in total. The fraction of sp³-hybridized carbons (Fsp3) is 0.375. The number of β-amino-alcohol motifs (C(OH)–C–C–N with tert-alkyl or cyclic N) is 1. The van der Waals surface area contributed by atoms with Crippen LogP contribution in [0.1, 0.15) is 11.7 Å². The topological polar surface area (TPSA) is 52.5 Å². The monoisotopic (exact) mass is 302 g/mol. The van der Waals surface area contributed by atoms with Crippen LogP contribution in [0.25, 0.3) is 0 Å². The molecule has 1 fully saturated rings. The van der Waals surface area contributed by atoms with Gasteiger partial charge in [-0.1, -0.05) is 12.1 Å². The Morgan fingerprint density at radius 1 is 1.09 bits per heavy atom. The van der Waals surface area contributed by atoms with Gasteiger partial charge in [0.2, 0.25) is 0 Å². The van der Waals surface area contributed by atoms with Crippen molar-refractivity contribution in [3.8, 4) is 0 Å². The maximum atomic E-state index is 12.9. The van der Waals surface area contributed by atoms with Gasteiger partial charge < -0.3 is 10.0 Å². The van der Waals surface area contributed by atoms with Crippen LogP contribution in [-0.4, -0.2) is 52.7 Å². The molecule has 1 aromatic heterocycles. The third-order valence-corrected chi connectivity index (χ3v) is 3.93. The number of aromatic nitrogens is 2. The second-order valence-corrected chi connectivity index (χ2v) is 5.42. The number of aliphatic hydroxyl groups is 1. The summed E-state index contributed by atoms with van der Waals surface area (Å²) in [6, 6.07) is 6.03. The van der Waals surface area contributed by atoms with Crippen molar-refractivity contribution in [3.05, 3.63) is 54.2 Å². The Hall–Kier alpha value is -2.05. The van der Waals surface area contributed by atoms with E-state index in [4.69, 9.17) is 0 Å². The van der Waals surface area contributed by atoms with Crippen molar-refractivity contribution in [1.29, 1.82) is 0 Å². The lowest BCUT2D eigenvalue weighted by Gasteiger charge is -2.36. The summed E-state index contributed by atoms with van der Waals surface area (Å²) in [5.41, 5.74) is 0.748. The summed E-state index contributed by atoms with van der Waals surface area (Å²) in [4.78, 5) is 12.8. The highest BCUT2D eigenvalue weighted by Gasteiger charge is 2.20. The quantitative estimate of drug-likeness (QED) is 0.927. The van der Waals surface area contributed by atoms with Crippen LogP contribution in [0.4, 0.5) is 10.2 Å². The first-order valence-electron chi connectivity index (χ1n) is 7.39. The number of rotatable bonds is 4. The Morgan fingerprint density at radius 3 is 2.45 bits per heavy atom. The summed E-state index contributed by atoms with van der Waals surface area (Å²) in [6.07, 6.45) is 4.53. The summed E-state index contributed by atoms with van der Waals surface area (Å²) >= 11 is 0. The minimum Gasteiger partial charge on any atom is -0.387 e. The van der Waals surface area contributed by atoms with Gasteiger partial charge in [-0.3, -0.25) is 9.88 Å². The number of benzene rings is 1. The Bertz CT molecular complexity index is 585. The average Bonchev–Trinajstić information content (AvgIpc) is 2.57. The minimum atomic E-state index is -0.594. The summed E-state index contributed by atoms with van der Waals surface area (Å²) < 4.78 is 12.9. The Morgan fingerprint density at radius 2 is 1.82 bits per heavy atom. The molecule has 0 aliphatic carbocycles. The lowest BCUT2D eigenvalue weighted by molar-refractivity contribution is 0.109. The summed E-state index contributed by atoms with van der Waals surface area (Å²) in [6.45, 7) is 3.98. The van der Waals surface area contributed by atoms with Gasteiger partial charge in [0.1, 0.15) is 11.6 Å². The molecule has 1 atom stereocenters. The Balaban J connectivity index is 1.52. The Labute approximate surface area is 129 Å². The summed E-state index contributed by atoms with van der Waals surface area (Å²) in [5.74, 6) is 0.606. The van der Waals surface area contributed by atoms with Gasteiger partial charge in [-0.25, -0.2) is 9.37 Å². The molecule has 0 radical (unpaired) electrons. The zero-order valence-corrected chi connectivity index (χ0v) is 12.3. The number of hydrogen-bond donors (Lipinski definition) is 1. The maximum absolute atomic E-state index is 12.9. The van der Waals surface area contributed by atoms with Gasteiger partial charge in [-0.2, -0.15) is 0 Å². The van der Waals surface area contributed by atoms with Gasteiger partial charge in [0, 0.05) is 45.1 Å². The molecule has 1 saturated heterocycles. The number of aliphatic hydroxyl groups excluding tert-OH is 1. The second kappa shape index (κ2) is 6.81.